The monoisotopic (exact) mass is 305 g/mol. The van der Waals surface area contributed by atoms with Gasteiger partial charge in [-0.25, -0.2) is 0 Å². The first-order valence-electron chi connectivity index (χ1n) is 4.69. The quantitative estimate of drug-likeness (QED) is 0.897. The molecule has 6 heteroatoms. The van der Waals surface area contributed by atoms with Crippen LogP contribution >= 0.6 is 27.3 Å². The van der Waals surface area contributed by atoms with Crippen LogP contribution in [-0.4, -0.2) is 23.0 Å². The summed E-state index contributed by atoms with van der Waals surface area (Å²) in [6.07, 6.45) is 0. The van der Waals surface area contributed by atoms with Gasteiger partial charge in [-0.05, 0) is 35.8 Å². The van der Waals surface area contributed by atoms with Crippen molar-refractivity contribution in [3.8, 4) is 0 Å². The number of carboxylic acid groups (broad SMARTS) is 1. The summed E-state index contributed by atoms with van der Waals surface area (Å²) in [6, 6.07) is 1.31. The number of carbonyl (C=O) groups is 2. The lowest BCUT2D eigenvalue weighted by Gasteiger charge is -2.16. The van der Waals surface area contributed by atoms with Gasteiger partial charge in [-0.3, -0.25) is 9.59 Å². The van der Waals surface area contributed by atoms with Gasteiger partial charge >= 0.3 is 5.97 Å². The van der Waals surface area contributed by atoms with Gasteiger partial charge in [0.15, 0.2) is 0 Å². The van der Waals surface area contributed by atoms with Crippen LogP contribution in [0.25, 0.3) is 0 Å². The topological polar surface area (TPSA) is 66.4 Å². The second-order valence-electron chi connectivity index (χ2n) is 3.52. The highest BCUT2D eigenvalue weighted by molar-refractivity contribution is 9.10. The molecule has 16 heavy (non-hydrogen) atoms. The zero-order valence-electron chi connectivity index (χ0n) is 8.86. The summed E-state index contributed by atoms with van der Waals surface area (Å²) in [4.78, 5) is 23.0. The molecule has 1 heterocycles. The van der Waals surface area contributed by atoms with E-state index in [-0.39, 0.29) is 5.91 Å². The van der Waals surface area contributed by atoms with Crippen molar-refractivity contribution < 1.29 is 14.7 Å². The van der Waals surface area contributed by atoms with Crippen molar-refractivity contribution >= 4 is 39.1 Å². The van der Waals surface area contributed by atoms with Crippen LogP contribution in [0.4, 0.5) is 0 Å². The van der Waals surface area contributed by atoms with E-state index in [9.17, 15) is 9.59 Å². The van der Waals surface area contributed by atoms with Gasteiger partial charge in [0.25, 0.3) is 5.91 Å². The minimum Gasteiger partial charge on any atom is -0.481 e. The normalized spacial score (nSPS) is 14.2. The van der Waals surface area contributed by atoms with Crippen LogP contribution in [0.2, 0.25) is 0 Å². The lowest BCUT2D eigenvalue weighted by atomic mass is 10.0. The Hall–Kier alpha value is -0.880. The first kappa shape index (κ1) is 13.2. The van der Waals surface area contributed by atoms with Gasteiger partial charge < -0.3 is 10.4 Å². The molecule has 0 aliphatic carbocycles. The number of halogens is 1. The smallest absolute Gasteiger partial charge is 0.308 e. The number of thiophene rings is 1. The van der Waals surface area contributed by atoms with Gasteiger partial charge in [-0.15, -0.1) is 11.3 Å². The molecule has 4 nitrogen and oxygen atoms in total. The Balaban J connectivity index is 2.61. The second-order valence-corrected chi connectivity index (χ2v) is 5.35. The molecule has 0 aliphatic heterocycles. The summed E-state index contributed by atoms with van der Waals surface area (Å²) in [7, 11) is 0. The fourth-order valence-electron chi connectivity index (χ4n) is 1.05. The summed E-state index contributed by atoms with van der Waals surface area (Å²) in [5.74, 6) is -1.76. The number of amides is 1. The highest BCUT2D eigenvalue weighted by atomic mass is 79.9. The van der Waals surface area contributed by atoms with Crippen molar-refractivity contribution in [1.29, 1.82) is 0 Å². The first-order valence-corrected chi connectivity index (χ1v) is 6.36. The molecule has 0 radical (unpaired) electrons. The van der Waals surface area contributed by atoms with Crippen molar-refractivity contribution in [3.63, 3.8) is 0 Å². The van der Waals surface area contributed by atoms with E-state index in [1.54, 1.807) is 25.3 Å². The molecule has 1 aromatic heterocycles. The first-order chi connectivity index (χ1) is 7.41. The van der Waals surface area contributed by atoms with Crippen molar-refractivity contribution in [2.45, 2.75) is 19.9 Å². The highest BCUT2D eigenvalue weighted by Gasteiger charge is 2.21. The number of carbonyl (C=O) groups excluding carboxylic acids is 1. The average molecular weight is 306 g/mol. The molecule has 0 fully saturated rings. The largest absolute Gasteiger partial charge is 0.481 e. The van der Waals surface area contributed by atoms with Crippen LogP contribution in [0.3, 0.4) is 0 Å². The Morgan fingerprint density at radius 2 is 2.12 bits per heavy atom. The molecule has 1 aromatic rings. The predicted octanol–water partition coefficient (Wildman–Crippen LogP) is 2.35. The van der Waals surface area contributed by atoms with Crippen molar-refractivity contribution in [3.05, 3.63) is 20.8 Å². The minimum atomic E-state index is -0.917. The number of nitrogens with one attached hydrogen (secondary N) is 1. The lowest BCUT2D eigenvalue weighted by molar-refractivity contribution is -0.141. The van der Waals surface area contributed by atoms with Crippen LogP contribution in [0.15, 0.2) is 15.9 Å². The van der Waals surface area contributed by atoms with Gasteiger partial charge in [-0.1, -0.05) is 0 Å². The van der Waals surface area contributed by atoms with E-state index in [1.165, 1.54) is 11.3 Å². The van der Waals surface area contributed by atoms with Crippen LogP contribution < -0.4 is 5.32 Å². The maximum atomic E-state index is 11.7. The highest BCUT2D eigenvalue weighted by Crippen LogP contribution is 2.19. The molecule has 0 saturated heterocycles. The molecule has 0 bridgehead atoms. The number of hydrogen-bond acceptors (Lipinski definition) is 3. The summed E-state index contributed by atoms with van der Waals surface area (Å²) in [6.45, 7) is 3.25. The minimum absolute atomic E-state index is 0.240. The number of carboxylic acids is 1. The number of aliphatic carboxylic acids is 1. The zero-order chi connectivity index (χ0) is 12.3. The summed E-state index contributed by atoms with van der Waals surface area (Å²) in [5.41, 5.74) is 0. The average Bonchev–Trinajstić information content (AvgIpc) is 2.63. The number of rotatable bonds is 4. The Labute approximate surface area is 106 Å². The Bertz CT molecular complexity index is 405. The van der Waals surface area contributed by atoms with Crippen LogP contribution in [0.1, 0.15) is 23.5 Å². The third kappa shape index (κ3) is 3.31. The van der Waals surface area contributed by atoms with E-state index in [0.29, 0.717) is 4.88 Å². The molecule has 2 atom stereocenters. The predicted molar refractivity (Wildman–Crippen MR) is 65.7 cm³/mol. The van der Waals surface area contributed by atoms with Crippen molar-refractivity contribution in [1.82, 2.24) is 5.32 Å². The molecule has 1 rings (SSSR count). The van der Waals surface area contributed by atoms with Gasteiger partial charge in [0.1, 0.15) is 0 Å². The molecular formula is C10H12BrNO3S. The fraction of sp³-hybridized carbons (Fsp3) is 0.400. The van der Waals surface area contributed by atoms with Crippen LogP contribution in [0, 0.1) is 5.92 Å². The standard InChI is InChI=1S/C10H12BrNO3S/c1-5(10(14)15)6(2)12-9(13)8-3-7(11)4-16-8/h3-6H,1-2H3,(H,12,13)(H,14,15). The van der Waals surface area contributed by atoms with Gasteiger partial charge in [0, 0.05) is 15.9 Å². The van der Waals surface area contributed by atoms with Crippen molar-refractivity contribution in [2.24, 2.45) is 5.92 Å². The Morgan fingerprint density at radius 3 is 2.56 bits per heavy atom. The summed E-state index contributed by atoms with van der Waals surface area (Å²) < 4.78 is 0.849. The zero-order valence-corrected chi connectivity index (χ0v) is 11.3. The van der Waals surface area contributed by atoms with E-state index in [2.05, 4.69) is 21.2 Å². The molecular weight excluding hydrogens is 294 g/mol. The van der Waals surface area contributed by atoms with E-state index < -0.39 is 17.9 Å². The number of hydrogen-bond donors (Lipinski definition) is 2. The maximum absolute atomic E-state index is 11.7. The van der Waals surface area contributed by atoms with Gasteiger partial charge in [0.2, 0.25) is 0 Å². The molecule has 2 N–H and O–H groups in total. The third-order valence-corrected chi connectivity index (χ3v) is 3.98. The molecule has 2 unspecified atom stereocenters. The van der Waals surface area contributed by atoms with Crippen molar-refractivity contribution in [2.75, 3.05) is 0 Å². The van der Waals surface area contributed by atoms with E-state index in [0.717, 1.165) is 4.47 Å². The van der Waals surface area contributed by atoms with E-state index in [4.69, 9.17) is 5.11 Å². The maximum Gasteiger partial charge on any atom is 0.308 e. The molecule has 0 aromatic carbocycles. The van der Waals surface area contributed by atoms with E-state index in [1.807, 2.05) is 0 Å². The van der Waals surface area contributed by atoms with E-state index >= 15 is 0 Å². The third-order valence-electron chi connectivity index (χ3n) is 2.29. The molecule has 0 aliphatic rings. The van der Waals surface area contributed by atoms with Crippen LogP contribution in [0.5, 0.6) is 0 Å². The SMILES string of the molecule is CC(NC(=O)c1cc(Br)cs1)C(C)C(=O)O. The molecule has 1 amide bonds. The van der Waals surface area contributed by atoms with Gasteiger partial charge in [0.05, 0.1) is 10.8 Å². The Kier molecular flexibility index (Phi) is 4.49. The Morgan fingerprint density at radius 1 is 1.50 bits per heavy atom. The lowest BCUT2D eigenvalue weighted by Crippen LogP contribution is -2.39. The molecule has 0 saturated carbocycles. The molecule has 88 valence electrons. The van der Waals surface area contributed by atoms with Crippen LogP contribution in [-0.2, 0) is 4.79 Å². The fourth-order valence-corrected chi connectivity index (χ4v) is 2.38. The summed E-state index contributed by atoms with van der Waals surface area (Å²) >= 11 is 4.57. The van der Waals surface area contributed by atoms with Gasteiger partial charge in [-0.2, -0.15) is 0 Å². The molecule has 0 spiro atoms. The second kappa shape index (κ2) is 5.45. The summed E-state index contributed by atoms with van der Waals surface area (Å²) in [5, 5.41) is 13.2.